The minimum atomic E-state index is -0.248. The summed E-state index contributed by atoms with van der Waals surface area (Å²) in [6.07, 6.45) is 4.91. The number of nitrogens with one attached hydrogen (secondary N) is 1. The third kappa shape index (κ3) is 6.51. The highest BCUT2D eigenvalue weighted by molar-refractivity contribution is 6.03. The lowest BCUT2D eigenvalue weighted by molar-refractivity contribution is -0.121. The molecule has 0 atom stereocenters. The number of nitrogens with zero attached hydrogens (tertiary/aromatic N) is 1. The molecule has 0 spiro atoms. The molecule has 6 heteroatoms. The summed E-state index contributed by atoms with van der Waals surface area (Å²) in [6.45, 7) is 5.12. The molecule has 2 amide bonds. The molecule has 0 unspecified atom stereocenters. The Morgan fingerprint density at radius 3 is 2.60 bits per heavy atom. The van der Waals surface area contributed by atoms with Crippen molar-refractivity contribution in [3.05, 3.63) is 89.5 Å². The summed E-state index contributed by atoms with van der Waals surface area (Å²) in [7, 11) is 0. The van der Waals surface area contributed by atoms with E-state index in [1.165, 1.54) is 17.2 Å². The topological polar surface area (TPSA) is 67.9 Å². The van der Waals surface area contributed by atoms with E-state index in [9.17, 15) is 9.59 Å². The van der Waals surface area contributed by atoms with Gasteiger partial charge >= 0.3 is 0 Å². The Kier molecular flexibility index (Phi) is 7.83. The highest BCUT2D eigenvalue weighted by atomic mass is 16.5. The van der Waals surface area contributed by atoms with Gasteiger partial charge < -0.3 is 19.7 Å². The Morgan fingerprint density at radius 2 is 1.86 bits per heavy atom. The van der Waals surface area contributed by atoms with Gasteiger partial charge in [0.05, 0.1) is 12.3 Å². The minimum Gasteiger partial charge on any atom is -0.494 e. The quantitative estimate of drug-likeness (QED) is 0.336. The molecule has 1 aliphatic heterocycles. The lowest BCUT2D eigenvalue weighted by atomic mass is 10.1. The van der Waals surface area contributed by atoms with Gasteiger partial charge in [-0.25, -0.2) is 0 Å². The van der Waals surface area contributed by atoms with Crippen molar-refractivity contribution in [1.29, 1.82) is 0 Å². The minimum absolute atomic E-state index is 0.00265. The van der Waals surface area contributed by atoms with Gasteiger partial charge in [0, 0.05) is 18.3 Å². The number of hydrogen-bond acceptors (Lipinski definition) is 4. The molecule has 6 nitrogen and oxygen atoms in total. The van der Waals surface area contributed by atoms with E-state index >= 15 is 0 Å². The Morgan fingerprint density at radius 1 is 1.09 bits per heavy atom. The zero-order valence-electron chi connectivity index (χ0n) is 20.1. The van der Waals surface area contributed by atoms with Crippen LogP contribution in [0.2, 0.25) is 0 Å². The lowest BCUT2D eigenvalue weighted by Gasteiger charge is -2.29. The molecule has 4 rings (SSSR count). The van der Waals surface area contributed by atoms with Gasteiger partial charge in [0.2, 0.25) is 5.91 Å². The highest BCUT2D eigenvalue weighted by Crippen LogP contribution is 2.34. The van der Waals surface area contributed by atoms with E-state index in [1.54, 1.807) is 29.2 Å². The van der Waals surface area contributed by atoms with Crippen molar-refractivity contribution in [2.75, 3.05) is 30.0 Å². The summed E-state index contributed by atoms with van der Waals surface area (Å²) < 4.78 is 11.4. The van der Waals surface area contributed by atoms with Gasteiger partial charge in [0.25, 0.3) is 5.91 Å². The van der Waals surface area contributed by atoms with Gasteiger partial charge in [-0.15, -0.1) is 0 Å². The first kappa shape index (κ1) is 24.1. The van der Waals surface area contributed by atoms with E-state index in [2.05, 4.69) is 24.4 Å². The molecular weight excluding hydrogens is 440 g/mol. The van der Waals surface area contributed by atoms with E-state index in [0.717, 1.165) is 17.7 Å². The fourth-order valence-electron chi connectivity index (χ4n) is 3.79. The Bertz CT molecular complexity index is 1200. The molecule has 0 saturated carbocycles. The maximum absolute atomic E-state index is 12.6. The highest BCUT2D eigenvalue weighted by Gasteiger charge is 2.25. The van der Waals surface area contributed by atoms with Crippen LogP contribution in [0.3, 0.4) is 0 Å². The van der Waals surface area contributed by atoms with Gasteiger partial charge in [-0.3, -0.25) is 9.59 Å². The maximum atomic E-state index is 12.6. The molecule has 1 aliphatic rings. The first-order valence-electron chi connectivity index (χ1n) is 11.9. The van der Waals surface area contributed by atoms with E-state index in [4.69, 9.17) is 9.47 Å². The molecule has 0 aromatic heterocycles. The molecule has 0 fully saturated rings. The second kappa shape index (κ2) is 11.4. The number of fused-ring (bicyclic) bond motifs is 1. The predicted molar refractivity (Wildman–Crippen MR) is 139 cm³/mol. The largest absolute Gasteiger partial charge is 0.494 e. The monoisotopic (exact) mass is 470 g/mol. The van der Waals surface area contributed by atoms with Crippen molar-refractivity contribution >= 4 is 29.3 Å². The van der Waals surface area contributed by atoms with Crippen LogP contribution >= 0.6 is 0 Å². The SMILES string of the molecule is CCc1ccc(OCCCN2C(=O)COc3ccc(NC(=O)C=Cc4ccc(C)cc4)cc32)cc1. The summed E-state index contributed by atoms with van der Waals surface area (Å²) in [4.78, 5) is 26.7. The second-order valence-corrected chi connectivity index (χ2v) is 8.45. The Balaban J connectivity index is 1.36. The summed E-state index contributed by atoms with van der Waals surface area (Å²) >= 11 is 0. The van der Waals surface area contributed by atoms with Crippen LogP contribution in [-0.4, -0.2) is 31.6 Å². The van der Waals surface area contributed by atoms with E-state index < -0.39 is 0 Å². The third-order valence-electron chi connectivity index (χ3n) is 5.80. The Hall–Kier alpha value is -4.06. The molecule has 180 valence electrons. The summed E-state index contributed by atoms with van der Waals surface area (Å²) in [5.41, 5.74) is 4.62. The van der Waals surface area contributed by atoms with Gasteiger partial charge in [0.1, 0.15) is 11.5 Å². The van der Waals surface area contributed by atoms with Crippen molar-refractivity contribution in [2.45, 2.75) is 26.7 Å². The van der Waals surface area contributed by atoms with Crippen LogP contribution in [0.15, 0.2) is 72.8 Å². The second-order valence-electron chi connectivity index (χ2n) is 8.45. The molecule has 0 bridgehead atoms. The average Bonchev–Trinajstić information content (AvgIpc) is 2.87. The van der Waals surface area contributed by atoms with Crippen molar-refractivity contribution in [3.63, 3.8) is 0 Å². The van der Waals surface area contributed by atoms with Crippen molar-refractivity contribution in [3.8, 4) is 11.5 Å². The van der Waals surface area contributed by atoms with E-state index in [1.807, 2.05) is 43.3 Å². The number of amides is 2. The van der Waals surface area contributed by atoms with Crippen LogP contribution < -0.4 is 19.7 Å². The van der Waals surface area contributed by atoms with Crippen molar-refractivity contribution in [2.24, 2.45) is 0 Å². The van der Waals surface area contributed by atoms with Crippen LogP contribution in [0.1, 0.15) is 30.0 Å². The fourth-order valence-corrected chi connectivity index (χ4v) is 3.79. The third-order valence-corrected chi connectivity index (χ3v) is 5.80. The zero-order chi connectivity index (χ0) is 24.6. The van der Waals surface area contributed by atoms with Crippen LogP contribution in [0.5, 0.6) is 11.5 Å². The molecule has 35 heavy (non-hydrogen) atoms. The Labute approximate surface area is 206 Å². The number of carbonyl (C=O) groups is 2. The van der Waals surface area contributed by atoms with Gasteiger partial charge in [-0.2, -0.15) is 0 Å². The van der Waals surface area contributed by atoms with E-state index in [-0.39, 0.29) is 18.4 Å². The smallest absolute Gasteiger partial charge is 0.265 e. The summed E-state index contributed by atoms with van der Waals surface area (Å²) in [5, 5.41) is 2.86. The standard InChI is InChI=1S/C29H30N2O4/c1-3-22-9-13-25(14-10-22)34-18-4-17-31-26-19-24(12-15-27(26)35-20-29(31)33)30-28(32)16-11-23-7-5-21(2)6-8-23/h5-16,19H,3-4,17-18,20H2,1-2H3,(H,30,32). The van der Waals surface area contributed by atoms with Gasteiger partial charge in [-0.05, 0) is 67.3 Å². The van der Waals surface area contributed by atoms with Gasteiger partial charge in [0.15, 0.2) is 6.61 Å². The van der Waals surface area contributed by atoms with Crippen LogP contribution in [0.25, 0.3) is 6.08 Å². The normalized spacial score (nSPS) is 12.9. The molecule has 0 radical (unpaired) electrons. The number of carbonyl (C=O) groups excluding carboxylic acids is 2. The average molecular weight is 471 g/mol. The van der Waals surface area contributed by atoms with E-state index in [0.29, 0.717) is 36.7 Å². The number of aryl methyl sites for hydroxylation is 2. The van der Waals surface area contributed by atoms with Gasteiger partial charge in [-0.1, -0.05) is 48.9 Å². The number of benzene rings is 3. The number of anilines is 2. The molecule has 3 aromatic rings. The molecule has 3 aromatic carbocycles. The first-order valence-corrected chi connectivity index (χ1v) is 11.9. The number of rotatable bonds is 9. The van der Waals surface area contributed by atoms with Crippen LogP contribution in [-0.2, 0) is 16.0 Å². The van der Waals surface area contributed by atoms with Crippen LogP contribution in [0.4, 0.5) is 11.4 Å². The zero-order valence-corrected chi connectivity index (χ0v) is 20.1. The summed E-state index contributed by atoms with van der Waals surface area (Å²) in [6, 6.07) is 21.3. The fraction of sp³-hybridized carbons (Fsp3) is 0.241. The molecule has 0 saturated heterocycles. The molecular formula is C29H30N2O4. The first-order chi connectivity index (χ1) is 17.0. The van der Waals surface area contributed by atoms with Crippen molar-refractivity contribution in [1.82, 2.24) is 0 Å². The van der Waals surface area contributed by atoms with Crippen LogP contribution in [0, 0.1) is 6.92 Å². The maximum Gasteiger partial charge on any atom is 0.265 e. The number of hydrogen-bond donors (Lipinski definition) is 1. The van der Waals surface area contributed by atoms with Crippen molar-refractivity contribution < 1.29 is 19.1 Å². The molecule has 1 heterocycles. The predicted octanol–water partition coefficient (Wildman–Crippen LogP) is 5.40. The lowest BCUT2D eigenvalue weighted by Crippen LogP contribution is -2.39. The molecule has 1 N–H and O–H groups in total. The number of ether oxygens (including phenoxy) is 2. The molecule has 0 aliphatic carbocycles. The summed E-state index contributed by atoms with van der Waals surface area (Å²) in [5.74, 6) is 1.07.